The minimum atomic E-state index is 0.190. The Balaban J connectivity index is 1.86. The number of pyridine rings is 1. The first-order valence-electron chi connectivity index (χ1n) is 7.62. The monoisotopic (exact) mass is 282 g/mol. The highest BCUT2D eigenvalue weighted by Crippen LogP contribution is 2.28. The van der Waals surface area contributed by atoms with E-state index in [0.717, 1.165) is 6.42 Å². The predicted octanol–water partition coefficient (Wildman–Crippen LogP) is 3.33. The van der Waals surface area contributed by atoms with E-state index in [1.165, 1.54) is 24.0 Å². The molecule has 0 amide bonds. The van der Waals surface area contributed by atoms with Crippen molar-refractivity contribution < 1.29 is 4.74 Å². The summed E-state index contributed by atoms with van der Waals surface area (Å²) in [6, 6.07) is 15.4. The highest BCUT2D eigenvalue weighted by molar-refractivity contribution is 5.30. The first kappa shape index (κ1) is 14.2. The Morgan fingerprint density at radius 3 is 2.48 bits per heavy atom. The van der Waals surface area contributed by atoms with Crippen LogP contribution in [0.25, 0.3) is 0 Å². The van der Waals surface area contributed by atoms with Crippen LogP contribution in [0.15, 0.2) is 54.9 Å². The number of ether oxygens (including phenoxy) is 1. The molecule has 3 nitrogen and oxygen atoms in total. The van der Waals surface area contributed by atoms with E-state index < -0.39 is 0 Å². The SMILES string of the molecule is COC1CCCC1NC(c1ccccc1)c1ccncc1. The number of methoxy groups -OCH3 is 1. The van der Waals surface area contributed by atoms with Crippen LogP contribution < -0.4 is 5.32 Å². The molecule has 3 atom stereocenters. The standard InChI is InChI=1S/C18H22N2O/c1-21-17-9-5-8-16(17)20-18(14-6-3-2-4-7-14)15-10-12-19-13-11-15/h2-4,6-7,10-13,16-18,20H,5,8-9H2,1H3. The lowest BCUT2D eigenvalue weighted by atomic mass is 9.98. The zero-order valence-electron chi connectivity index (χ0n) is 12.4. The molecule has 0 bridgehead atoms. The maximum atomic E-state index is 5.62. The fraction of sp³-hybridized carbons (Fsp3) is 0.389. The first-order valence-corrected chi connectivity index (χ1v) is 7.62. The highest BCUT2D eigenvalue weighted by atomic mass is 16.5. The summed E-state index contributed by atoms with van der Waals surface area (Å²) in [5.74, 6) is 0. The summed E-state index contributed by atoms with van der Waals surface area (Å²) in [5.41, 5.74) is 2.53. The number of hydrogen-bond acceptors (Lipinski definition) is 3. The lowest BCUT2D eigenvalue weighted by molar-refractivity contribution is 0.0828. The molecule has 1 aliphatic carbocycles. The number of nitrogens with one attached hydrogen (secondary N) is 1. The van der Waals surface area contributed by atoms with Gasteiger partial charge in [-0.05, 0) is 42.5 Å². The normalized spacial score (nSPS) is 23.1. The van der Waals surface area contributed by atoms with Gasteiger partial charge in [0.25, 0.3) is 0 Å². The molecule has 1 aromatic carbocycles. The van der Waals surface area contributed by atoms with Gasteiger partial charge in [0.1, 0.15) is 0 Å². The molecule has 3 unspecified atom stereocenters. The van der Waals surface area contributed by atoms with E-state index in [-0.39, 0.29) is 6.04 Å². The summed E-state index contributed by atoms with van der Waals surface area (Å²) in [4.78, 5) is 4.13. The zero-order chi connectivity index (χ0) is 14.5. The van der Waals surface area contributed by atoms with Gasteiger partial charge in [-0.3, -0.25) is 4.98 Å². The molecule has 3 heteroatoms. The number of nitrogens with zero attached hydrogens (tertiary/aromatic N) is 1. The second-order valence-electron chi connectivity index (χ2n) is 5.60. The summed E-state index contributed by atoms with van der Waals surface area (Å²) in [6.07, 6.45) is 7.58. The van der Waals surface area contributed by atoms with Crippen molar-refractivity contribution in [3.63, 3.8) is 0 Å². The van der Waals surface area contributed by atoms with Gasteiger partial charge in [0, 0.05) is 25.5 Å². The number of hydrogen-bond donors (Lipinski definition) is 1. The highest BCUT2D eigenvalue weighted by Gasteiger charge is 2.29. The van der Waals surface area contributed by atoms with Crippen molar-refractivity contribution in [1.29, 1.82) is 0 Å². The minimum absolute atomic E-state index is 0.190. The lowest BCUT2D eigenvalue weighted by Gasteiger charge is -2.27. The number of aromatic nitrogens is 1. The van der Waals surface area contributed by atoms with E-state index >= 15 is 0 Å². The lowest BCUT2D eigenvalue weighted by Crippen LogP contribution is -2.39. The van der Waals surface area contributed by atoms with Gasteiger partial charge in [-0.1, -0.05) is 30.3 Å². The summed E-state index contributed by atoms with van der Waals surface area (Å²) < 4.78 is 5.62. The van der Waals surface area contributed by atoms with Crippen molar-refractivity contribution in [3.8, 4) is 0 Å². The second-order valence-corrected chi connectivity index (χ2v) is 5.60. The Labute approximate surface area is 126 Å². The van der Waals surface area contributed by atoms with E-state index in [1.54, 1.807) is 0 Å². The van der Waals surface area contributed by atoms with Crippen LogP contribution in [-0.4, -0.2) is 24.2 Å². The van der Waals surface area contributed by atoms with Crippen LogP contribution in [-0.2, 0) is 4.74 Å². The van der Waals surface area contributed by atoms with Gasteiger partial charge in [0.15, 0.2) is 0 Å². The predicted molar refractivity (Wildman–Crippen MR) is 84.1 cm³/mol. The fourth-order valence-electron chi connectivity index (χ4n) is 3.20. The molecule has 1 fully saturated rings. The van der Waals surface area contributed by atoms with Crippen LogP contribution in [0.2, 0.25) is 0 Å². The molecule has 1 saturated carbocycles. The van der Waals surface area contributed by atoms with E-state index in [9.17, 15) is 0 Å². The molecular formula is C18H22N2O. The molecule has 2 aromatic rings. The molecule has 0 radical (unpaired) electrons. The zero-order valence-corrected chi connectivity index (χ0v) is 12.4. The van der Waals surface area contributed by atoms with Gasteiger partial charge >= 0.3 is 0 Å². The summed E-state index contributed by atoms with van der Waals surface area (Å²) >= 11 is 0. The second kappa shape index (κ2) is 6.83. The molecule has 0 aliphatic heterocycles. The van der Waals surface area contributed by atoms with Crippen LogP contribution in [0.5, 0.6) is 0 Å². The van der Waals surface area contributed by atoms with Gasteiger partial charge in [-0.25, -0.2) is 0 Å². The van der Waals surface area contributed by atoms with Crippen molar-refractivity contribution in [1.82, 2.24) is 10.3 Å². The average molecular weight is 282 g/mol. The molecule has 1 heterocycles. The molecule has 0 spiro atoms. The van der Waals surface area contributed by atoms with Crippen molar-refractivity contribution in [3.05, 3.63) is 66.0 Å². The Morgan fingerprint density at radius 2 is 1.76 bits per heavy atom. The summed E-state index contributed by atoms with van der Waals surface area (Å²) in [5, 5.41) is 3.80. The number of benzene rings is 1. The van der Waals surface area contributed by atoms with Crippen molar-refractivity contribution in [2.45, 2.75) is 37.5 Å². The van der Waals surface area contributed by atoms with Gasteiger partial charge in [-0.15, -0.1) is 0 Å². The van der Waals surface area contributed by atoms with E-state index in [0.29, 0.717) is 12.1 Å². The third-order valence-electron chi connectivity index (χ3n) is 4.31. The summed E-state index contributed by atoms with van der Waals surface area (Å²) in [7, 11) is 1.81. The summed E-state index contributed by atoms with van der Waals surface area (Å²) in [6.45, 7) is 0. The largest absolute Gasteiger partial charge is 0.380 e. The molecule has 110 valence electrons. The van der Waals surface area contributed by atoms with Crippen LogP contribution in [0, 0.1) is 0 Å². The van der Waals surface area contributed by atoms with Crippen LogP contribution in [0.1, 0.15) is 36.4 Å². The van der Waals surface area contributed by atoms with Gasteiger partial charge < -0.3 is 10.1 Å². The average Bonchev–Trinajstić information content (AvgIpc) is 3.01. The van der Waals surface area contributed by atoms with E-state index in [2.05, 4.69) is 52.8 Å². The topological polar surface area (TPSA) is 34.1 Å². The molecule has 21 heavy (non-hydrogen) atoms. The van der Waals surface area contributed by atoms with Gasteiger partial charge in [0.2, 0.25) is 0 Å². The Kier molecular flexibility index (Phi) is 4.63. The molecule has 1 aliphatic rings. The third kappa shape index (κ3) is 3.31. The molecule has 0 saturated heterocycles. The van der Waals surface area contributed by atoms with E-state index in [4.69, 9.17) is 4.74 Å². The third-order valence-corrected chi connectivity index (χ3v) is 4.31. The molecular weight excluding hydrogens is 260 g/mol. The van der Waals surface area contributed by atoms with Crippen LogP contribution >= 0.6 is 0 Å². The number of rotatable bonds is 5. The van der Waals surface area contributed by atoms with E-state index in [1.807, 2.05) is 19.5 Å². The van der Waals surface area contributed by atoms with Gasteiger partial charge in [-0.2, -0.15) is 0 Å². The maximum absolute atomic E-state index is 5.62. The minimum Gasteiger partial charge on any atom is -0.380 e. The Morgan fingerprint density at radius 1 is 1.05 bits per heavy atom. The molecule has 3 rings (SSSR count). The quantitative estimate of drug-likeness (QED) is 0.913. The molecule has 1 aromatic heterocycles. The van der Waals surface area contributed by atoms with Crippen LogP contribution in [0.3, 0.4) is 0 Å². The van der Waals surface area contributed by atoms with Crippen molar-refractivity contribution in [2.75, 3.05) is 7.11 Å². The first-order chi connectivity index (χ1) is 10.4. The Bertz CT molecular complexity index is 504. The maximum Gasteiger partial charge on any atom is 0.0724 e. The van der Waals surface area contributed by atoms with Crippen LogP contribution in [0.4, 0.5) is 0 Å². The van der Waals surface area contributed by atoms with Crippen molar-refractivity contribution >= 4 is 0 Å². The smallest absolute Gasteiger partial charge is 0.0724 e. The fourth-order valence-corrected chi connectivity index (χ4v) is 3.20. The Hall–Kier alpha value is -1.71. The van der Waals surface area contributed by atoms with Gasteiger partial charge in [0.05, 0.1) is 12.1 Å². The van der Waals surface area contributed by atoms with Crippen molar-refractivity contribution in [2.24, 2.45) is 0 Å². The molecule has 1 N–H and O–H groups in total.